The molecule has 1 rings (SSSR count). The van der Waals surface area contributed by atoms with E-state index in [4.69, 9.17) is 0 Å². The van der Waals surface area contributed by atoms with Gasteiger partial charge in [-0.05, 0) is 25.3 Å². The predicted octanol–water partition coefficient (Wildman–Crippen LogP) is 2.74. The fraction of sp³-hybridized carbons (Fsp3) is 0.333. The molecular weight excluding hydrogens is 158 g/mol. The number of allylic oxidation sites excluding steroid dienone is 1. The third-order valence-electron chi connectivity index (χ3n) is 1.91. The van der Waals surface area contributed by atoms with E-state index in [0.717, 1.165) is 25.1 Å². The Morgan fingerprint density at radius 3 is 2.62 bits per heavy atom. The van der Waals surface area contributed by atoms with Gasteiger partial charge in [0.25, 0.3) is 0 Å². The zero-order chi connectivity index (χ0) is 9.52. The van der Waals surface area contributed by atoms with Crippen LogP contribution >= 0.6 is 0 Å². The van der Waals surface area contributed by atoms with Gasteiger partial charge in [-0.15, -0.1) is 0 Å². The normalized spacial score (nSPS) is 9.62. The van der Waals surface area contributed by atoms with E-state index >= 15 is 0 Å². The van der Waals surface area contributed by atoms with Crippen LogP contribution in [-0.4, -0.2) is 6.54 Å². The second-order valence-electron chi connectivity index (χ2n) is 3.30. The first-order valence-corrected chi connectivity index (χ1v) is 4.72. The number of benzene rings is 1. The zero-order valence-electron chi connectivity index (χ0n) is 8.22. The Labute approximate surface area is 80.5 Å². The SMILES string of the molecule is C=C(C)NCCCc1ccccc1. The van der Waals surface area contributed by atoms with E-state index in [1.54, 1.807) is 0 Å². The molecule has 0 fully saturated rings. The summed E-state index contributed by atoms with van der Waals surface area (Å²) in [6.07, 6.45) is 2.30. The van der Waals surface area contributed by atoms with Crippen LogP contribution in [0.4, 0.5) is 0 Å². The average Bonchev–Trinajstić information content (AvgIpc) is 2.14. The highest BCUT2D eigenvalue weighted by Crippen LogP contribution is 2.01. The highest BCUT2D eigenvalue weighted by atomic mass is 14.9. The Morgan fingerprint density at radius 1 is 1.31 bits per heavy atom. The molecule has 1 nitrogen and oxygen atoms in total. The van der Waals surface area contributed by atoms with Crippen LogP contribution in [0.15, 0.2) is 42.6 Å². The molecule has 0 atom stereocenters. The Balaban J connectivity index is 2.17. The van der Waals surface area contributed by atoms with Gasteiger partial charge in [0.2, 0.25) is 0 Å². The monoisotopic (exact) mass is 175 g/mol. The van der Waals surface area contributed by atoms with Gasteiger partial charge in [-0.25, -0.2) is 0 Å². The van der Waals surface area contributed by atoms with Crippen molar-refractivity contribution in [1.29, 1.82) is 0 Å². The molecule has 0 aliphatic rings. The van der Waals surface area contributed by atoms with Crippen molar-refractivity contribution in [1.82, 2.24) is 5.32 Å². The minimum absolute atomic E-state index is 1.02. The van der Waals surface area contributed by atoms with Crippen molar-refractivity contribution in [2.75, 3.05) is 6.54 Å². The Morgan fingerprint density at radius 2 is 2.00 bits per heavy atom. The molecule has 1 aromatic rings. The second-order valence-corrected chi connectivity index (χ2v) is 3.30. The van der Waals surface area contributed by atoms with Gasteiger partial charge in [0, 0.05) is 12.2 Å². The van der Waals surface area contributed by atoms with Crippen LogP contribution in [-0.2, 0) is 6.42 Å². The van der Waals surface area contributed by atoms with Crippen LogP contribution < -0.4 is 5.32 Å². The first kappa shape index (κ1) is 9.85. The molecule has 0 radical (unpaired) electrons. The van der Waals surface area contributed by atoms with Gasteiger partial charge in [0.15, 0.2) is 0 Å². The van der Waals surface area contributed by atoms with E-state index in [1.165, 1.54) is 5.56 Å². The summed E-state index contributed by atoms with van der Waals surface area (Å²) >= 11 is 0. The van der Waals surface area contributed by atoms with Gasteiger partial charge in [-0.2, -0.15) is 0 Å². The Hall–Kier alpha value is -1.24. The summed E-state index contributed by atoms with van der Waals surface area (Å²) in [7, 11) is 0. The molecule has 0 saturated carbocycles. The quantitative estimate of drug-likeness (QED) is 0.678. The maximum atomic E-state index is 3.79. The summed E-state index contributed by atoms with van der Waals surface area (Å²) in [4.78, 5) is 0. The van der Waals surface area contributed by atoms with Gasteiger partial charge in [-0.3, -0.25) is 0 Å². The summed E-state index contributed by atoms with van der Waals surface area (Å²) in [5.41, 5.74) is 2.46. The molecule has 0 bridgehead atoms. The molecule has 0 amide bonds. The van der Waals surface area contributed by atoms with E-state index in [0.29, 0.717) is 0 Å². The summed E-state index contributed by atoms with van der Waals surface area (Å²) in [5.74, 6) is 0. The van der Waals surface area contributed by atoms with E-state index in [9.17, 15) is 0 Å². The molecular formula is C12H17N. The Bertz CT molecular complexity index is 251. The maximum absolute atomic E-state index is 3.79. The van der Waals surface area contributed by atoms with Crippen molar-refractivity contribution in [3.05, 3.63) is 48.2 Å². The molecule has 1 heteroatoms. The summed E-state index contributed by atoms with van der Waals surface area (Å²) in [5, 5.41) is 3.22. The fourth-order valence-electron chi connectivity index (χ4n) is 1.24. The first-order valence-electron chi connectivity index (χ1n) is 4.72. The number of nitrogens with one attached hydrogen (secondary N) is 1. The predicted molar refractivity (Wildman–Crippen MR) is 57.6 cm³/mol. The van der Waals surface area contributed by atoms with E-state index < -0.39 is 0 Å². The van der Waals surface area contributed by atoms with Crippen LogP contribution in [0.5, 0.6) is 0 Å². The van der Waals surface area contributed by atoms with Crippen LogP contribution in [0.3, 0.4) is 0 Å². The minimum Gasteiger partial charge on any atom is -0.389 e. The van der Waals surface area contributed by atoms with Gasteiger partial charge in [0.1, 0.15) is 0 Å². The number of hydrogen-bond acceptors (Lipinski definition) is 1. The van der Waals surface area contributed by atoms with Crippen molar-refractivity contribution in [2.45, 2.75) is 19.8 Å². The van der Waals surface area contributed by atoms with Gasteiger partial charge >= 0.3 is 0 Å². The summed E-state index contributed by atoms with van der Waals surface area (Å²) in [6, 6.07) is 10.6. The molecule has 70 valence electrons. The molecule has 0 aromatic heterocycles. The summed E-state index contributed by atoms with van der Waals surface area (Å²) in [6.45, 7) is 6.80. The van der Waals surface area contributed by atoms with E-state index in [-0.39, 0.29) is 0 Å². The molecule has 0 spiro atoms. The largest absolute Gasteiger partial charge is 0.389 e. The number of aryl methyl sites for hydroxylation is 1. The number of hydrogen-bond donors (Lipinski definition) is 1. The first-order chi connectivity index (χ1) is 6.29. The molecule has 1 N–H and O–H groups in total. The Kier molecular flexibility index (Phi) is 4.10. The molecule has 0 heterocycles. The molecule has 1 aromatic carbocycles. The lowest BCUT2D eigenvalue weighted by Gasteiger charge is -2.04. The van der Waals surface area contributed by atoms with Crippen molar-refractivity contribution in [3.8, 4) is 0 Å². The lowest BCUT2D eigenvalue weighted by molar-refractivity contribution is 0.726. The summed E-state index contributed by atoms with van der Waals surface area (Å²) < 4.78 is 0. The topological polar surface area (TPSA) is 12.0 Å². The molecule has 0 saturated heterocycles. The fourth-order valence-corrected chi connectivity index (χ4v) is 1.24. The lowest BCUT2D eigenvalue weighted by atomic mass is 10.1. The molecule has 13 heavy (non-hydrogen) atoms. The lowest BCUT2D eigenvalue weighted by Crippen LogP contribution is -2.12. The van der Waals surface area contributed by atoms with Gasteiger partial charge < -0.3 is 5.32 Å². The minimum atomic E-state index is 1.02. The van der Waals surface area contributed by atoms with Crippen LogP contribution in [0.25, 0.3) is 0 Å². The van der Waals surface area contributed by atoms with Crippen molar-refractivity contribution < 1.29 is 0 Å². The average molecular weight is 175 g/mol. The van der Waals surface area contributed by atoms with Crippen LogP contribution in [0.2, 0.25) is 0 Å². The molecule has 0 aliphatic heterocycles. The number of rotatable bonds is 5. The van der Waals surface area contributed by atoms with Crippen LogP contribution in [0.1, 0.15) is 18.9 Å². The standard InChI is InChI=1S/C12H17N/c1-11(2)13-10-6-9-12-7-4-3-5-8-12/h3-5,7-8,13H,1,6,9-10H2,2H3. The smallest absolute Gasteiger partial charge is 0.0146 e. The third-order valence-corrected chi connectivity index (χ3v) is 1.91. The molecule has 0 aliphatic carbocycles. The maximum Gasteiger partial charge on any atom is 0.0146 e. The molecule has 0 unspecified atom stereocenters. The second kappa shape index (κ2) is 5.41. The van der Waals surface area contributed by atoms with E-state index in [1.807, 2.05) is 6.92 Å². The van der Waals surface area contributed by atoms with Crippen molar-refractivity contribution in [2.24, 2.45) is 0 Å². The van der Waals surface area contributed by atoms with Crippen LogP contribution in [0, 0.1) is 0 Å². The third kappa shape index (κ3) is 4.36. The van der Waals surface area contributed by atoms with E-state index in [2.05, 4.69) is 42.2 Å². The zero-order valence-corrected chi connectivity index (χ0v) is 8.22. The highest BCUT2D eigenvalue weighted by molar-refractivity contribution is 5.14. The van der Waals surface area contributed by atoms with Crippen molar-refractivity contribution in [3.63, 3.8) is 0 Å². The van der Waals surface area contributed by atoms with Gasteiger partial charge in [-0.1, -0.05) is 36.9 Å². The van der Waals surface area contributed by atoms with Crippen molar-refractivity contribution >= 4 is 0 Å². The van der Waals surface area contributed by atoms with Gasteiger partial charge in [0.05, 0.1) is 0 Å². The highest BCUT2D eigenvalue weighted by Gasteiger charge is 1.90.